The molecule has 0 radical (unpaired) electrons. The topological polar surface area (TPSA) is 96.7 Å². The zero-order valence-electron chi connectivity index (χ0n) is 20.9. The number of benzene rings is 1. The molecule has 4 heterocycles. The van der Waals surface area contributed by atoms with Crippen molar-refractivity contribution in [2.24, 2.45) is 7.05 Å². The van der Waals surface area contributed by atoms with E-state index in [1.165, 1.54) is 29.8 Å². The molecule has 196 valence electrons. The van der Waals surface area contributed by atoms with Crippen LogP contribution in [0.2, 0.25) is 0 Å². The van der Waals surface area contributed by atoms with Crippen LogP contribution in [0.25, 0.3) is 23.0 Å². The first-order chi connectivity index (χ1) is 18.1. The Labute approximate surface area is 215 Å². The fraction of sp³-hybridized carbons (Fsp3) is 0.269. The molecule has 9 nitrogen and oxygen atoms in total. The number of pyridine rings is 1. The van der Waals surface area contributed by atoms with E-state index in [0.29, 0.717) is 17.8 Å². The van der Waals surface area contributed by atoms with Gasteiger partial charge in [0, 0.05) is 36.4 Å². The quantitative estimate of drug-likeness (QED) is 0.280. The molecule has 0 saturated heterocycles. The second-order valence-electron chi connectivity index (χ2n) is 8.89. The Morgan fingerprint density at radius 3 is 2.50 bits per heavy atom. The Hall–Kier alpha value is -4.48. The van der Waals surface area contributed by atoms with Gasteiger partial charge in [0.25, 0.3) is 5.89 Å². The number of hydrogen-bond acceptors (Lipinski definition) is 7. The minimum atomic E-state index is -4.76. The van der Waals surface area contributed by atoms with Crippen molar-refractivity contribution in [3.8, 4) is 28.7 Å². The first kappa shape index (κ1) is 25.2. The first-order valence-corrected chi connectivity index (χ1v) is 11.8. The first-order valence-electron chi connectivity index (χ1n) is 11.8. The molecule has 0 spiro atoms. The molecule has 0 atom stereocenters. The summed E-state index contributed by atoms with van der Waals surface area (Å²) in [5, 5.41) is 13.0. The number of halogens is 3. The van der Waals surface area contributed by atoms with Gasteiger partial charge in [-0.3, -0.25) is 14.3 Å². The number of alkyl halides is 3. The van der Waals surface area contributed by atoms with Gasteiger partial charge in [0.1, 0.15) is 5.75 Å². The van der Waals surface area contributed by atoms with E-state index in [2.05, 4.69) is 36.1 Å². The smallest absolute Gasteiger partial charge is 0.406 e. The Balaban J connectivity index is 1.27. The van der Waals surface area contributed by atoms with Gasteiger partial charge in [-0.15, -0.1) is 13.2 Å². The van der Waals surface area contributed by atoms with Crippen molar-refractivity contribution < 1.29 is 22.4 Å². The summed E-state index contributed by atoms with van der Waals surface area (Å²) in [6.07, 6.45) is 0.745. The summed E-state index contributed by atoms with van der Waals surface area (Å²) in [7, 11) is 1.92. The van der Waals surface area contributed by atoms with Crippen LogP contribution in [0.15, 0.2) is 59.4 Å². The lowest BCUT2D eigenvalue weighted by Crippen LogP contribution is -2.16. The molecule has 4 aromatic heterocycles. The van der Waals surface area contributed by atoms with Crippen molar-refractivity contribution in [1.29, 1.82) is 0 Å². The summed E-state index contributed by atoms with van der Waals surface area (Å²) in [4.78, 5) is 8.87. The highest BCUT2D eigenvalue weighted by atomic mass is 19.4. The Morgan fingerprint density at radius 2 is 1.79 bits per heavy atom. The Morgan fingerprint density at radius 1 is 1.00 bits per heavy atom. The molecule has 0 aliphatic carbocycles. The van der Waals surface area contributed by atoms with Gasteiger partial charge in [0.05, 0.1) is 12.2 Å². The summed E-state index contributed by atoms with van der Waals surface area (Å²) >= 11 is 0. The van der Waals surface area contributed by atoms with E-state index in [0.717, 1.165) is 35.5 Å². The summed E-state index contributed by atoms with van der Waals surface area (Å²) in [6, 6.07) is 11.1. The number of nitrogens with zero attached hydrogens (tertiary/aromatic N) is 7. The number of aromatic nitrogens is 7. The van der Waals surface area contributed by atoms with Crippen molar-refractivity contribution in [3.63, 3.8) is 0 Å². The summed E-state index contributed by atoms with van der Waals surface area (Å²) < 4.78 is 50.1. The van der Waals surface area contributed by atoms with Crippen LogP contribution >= 0.6 is 0 Å². The Kier molecular flexibility index (Phi) is 6.70. The van der Waals surface area contributed by atoms with E-state index >= 15 is 0 Å². The van der Waals surface area contributed by atoms with Crippen LogP contribution < -0.4 is 4.74 Å². The molecule has 0 fully saturated rings. The van der Waals surface area contributed by atoms with Crippen molar-refractivity contribution in [2.75, 3.05) is 0 Å². The normalized spacial score (nSPS) is 11.7. The average Bonchev–Trinajstić information content (AvgIpc) is 3.56. The van der Waals surface area contributed by atoms with Gasteiger partial charge in [-0.05, 0) is 80.3 Å². The fourth-order valence-corrected chi connectivity index (χ4v) is 4.12. The molecule has 0 bridgehead atoms. The average molecular weight is 524 g/mol. The van der Waals surface area contributed by atoms with E-state index in [4.69, 9.17) is 4.52 Å². The predicted octanol–water partition coefficient (Wildman–Crippen LogP) is 5.08. The molecule has 0 amide bonds. The molecule has 38 heavy (non-hydrogen) atoms. The van der Waals surface area contributed by atoms with E-state index < -0.39 is 6.36 Å². The van der Waals surface area contributed by atoms with Gasteiger partial charge in [0.2, 0.25) is 5.82 Å². The molecular weight excluding hydrogens is 499 g/mol. The van der Waals surface area contributed by atoms with Crippen molar-refractivity contribution in [3.05, 3.63) is 83.1 Å². The SMILES string of the molecule is Cc1nn(C)cc1CCc1cc(Cn2nc(-c3nc(-c4ccc(OC(F)(F)F)cc4)no3)cc2C)ccn1. The van der Waals surface area contributed by atoms with Gasteiger partial charge < -0.3 is 9.26 Å². The molecule has 0 aliphatic heterocycles. The molecule has 5 aromatic rings. The van der Waals surface area contributed by atoms with E-state index in [1.54, 1.807) is 6.20 Å². The maximum absolute atomic E-state index is 12.4. The second kappa shape index (κ2) is 10.1. The largest absolute Gasteiger partial charge is 0.573 e. The molecule has 0 unspecified atom stereocenters. The van der Waals surface area contributed by atoms with Crippen LogP contribution in [-0.4, -0.2) is 41.0 Å². The van der Waals surface area contributed by atoms with Gasteiger partial charge in [0.15, 0.2) is 5.69 Å². The van der Waals surface area contributed by atoms with E-state index in [-0.39, 0.29) is 17.5 Å². The summed E-state index contributed by atoms with van der Waals surface area (Å²) in [5.41, 5.74) is 6.16. The lowest BCUT2D eigenvalue weighted by Gasteiger charge is -2.08. The van der Waals surface area contributed by atoms with Gasteiger partial charge in [-0.1, -0.05) is 5.16 Å². The number of hydrogen-bond donors (Lipinski definition) is 0. The summed E-state index contributed by atoms with van der Waals surface area (Å²) in [6.45, 7) is 4.47. The highest BCUT2D eigenvalue weighted by Crippen LogP contribution is 2.27. The second-order valence-corrected chi connectivity index (χ2v) is 8.89. The molecule has 1 aromatic carbocycles. The van der Waals surface area contributed by atoms with E-state index in [1.807, 2.05) is 48.6 Å². The zero-order chi connectivity index (χ0) is 26.9. The molecule has 0 aliphatic rings. The molecule has 12 heteroatoms. The number of ether oxygens (including phenoxy) is 1. The molecule has 0 N–H and O–H groups in total. The fourth-order valence-electron chi connectivity index (χ4n) is 4.12. The van der Waals surface area contributed by atoms with Crippen LogP contribution in [0.4, 0.5) is 13.2 Å². The minimum absolute atomic E-state index is 0.208. The molecule has 0 saturated carbocycles. The number of rotatable bonds is 8. The van der Waals surface area contributed by atoms with Crippen molar-refractivity contribution in [1.82, 2.24) is 34.7 Å². The van der Waals surface area contributed by atoms with Gasteiger partial charge in [-0.2, -0.15) is 15.2 Å². The zero-order valence-corrected chi connectivity index (χ0v) is 20.9. The summed E-state index contributed by atoms with van der Waals surface area (Å²) in [5.74, 6) is 0.110. The van der Waals surface area contributed by atoms with Crippen molar-refractivity contribution in [2.45, 2.75) is 39.6 Å². The highest BCUT2D eigenvalue weighted by Gasteiger charge is 2.31. The maximum Gasteiger partial charge on any atom is 0.573 e. The molecular formula is C26H24F3N7O2. The van der Waals surface area contributed by atoms with Crippen LogP contribution in [-0.2, 0) is 26.4 Å². The third-order valence-corrected chi connectivity index (χ3v) is 5.95. The lowest BCUT2D eigenvalue weighted by atomic mass is 10.1. The van der Waals surface area contributed by atoms with Gasteiger partial charge >= 0.3 is 6.36 Å². The number of aryl methyl sites for hydroxylation is 5. The van der Waals surface area contributed by atoms with Crippen LogP contribution in [0.3, 0.4) is 0 Å². The molecule has 5 rings (SSSR count). The maximum atomic E-state index is 12.4. The van der Waals surface area contributed by atoms with Gasteiger partial charge in [-0.25, -0.2) is 0 Å². The monoisotopic (exact) mass is 523 g/mol. The third kappa shape index (κ3) is 5.90. The standard InChI is InChI=1S/C26H24F3N7O2/c1-16-12-23(25-31-24(34-38-25)19-5-8-22(9-6-19)37-26(27,28)29)33-36(16)14-18-10-11-30-21(13-18)7-4-20-15-35(3)32-17(20)2/h5-6,8-13,15H,4,7,14H2,1-3H3. The van der Waals surface area contributed by atoms with Crippen LogP contribution in [0.1, 0.15) is 28.2 Å². The minimum Gasteiger partial charge on any atom is -0.406 e. The van der Waals surface area contributed by atoms with Crippen LogP contribution in [0.5, 0.6) is 5.75 Å². The van der Waals surface area contributed by atoms with Crippen LogP contribution in [0, 0.1) is 13.8 Å². The lowest BCUT2D eigenvalue weighted by molar-refractivity contribution is -0.274. The third-order valence-electron chi connectivity index (χ3n) is 5.95. The van der Waals surface area contributed by atoms with Crippen molar-refractivity contribution >= 4 is 0 Å². The highest BCUT2D eigenvalue weighted by molar-refractivity contribution is 5.59. The predicted molar refractivity (Wildman–Crippen MR) is 131 cm³/mol. The Bertz CT molecular complexity index is 1550. The van der Waals surface area contributed by atoms with E-state index in [9.17, 15) is 13.2 Å².